The van der Waals surface area contributed by atoms with Crippen LogP contribution >= 0.6 is 0 Å². The van der Waals surface area contributed by atoms with Crippen LogP contribution in [0.15, 0.2) is 36.4 Å². The monoisotopic (exact) mass is 300 g/mol. The molecule has 0 amide bonds. The molecule has 112 valence electrons. The molecule has 0 radical (unpaired) electrons. The summed E-state index contributed by atoms with van der Waals surface area (Å²) in [5, 5.41) is 4.74. The van der Waals surface area contributed by atoms with E-state index in [0.29, 0.717) is 5.39 Å². The maximum atomic E-state index is 12.7. The van der Waals surface area contributed by atoms with Crippen LogP contribution in [-0.2, 0) is 26.1 Å². The summed E-state index contributed by atoms with van der Waals surface area (Å²) in [6.45, 7) is 1.22. The molecule has 2 aromatic rings. The zero-order valence-corrected chi connectivity index (χ0v) is 11.9. The van der Waals surface area contributed by atoms with Crippen LogP contribution in [0.4, 0.5) is 0 Å². The number of ether oxygens (including phenoxy) is 2. The van der Waals surface area contributed by atoms with Crippen molar-refractivity contribution in [2.24, 2.45) is 7.05 Å². The number of fused-ring (bicyclic) bond motifs is 1. The lowest BCUT2D eigenvalue weighted by atomic mass is 10.1. The highest BCUT2D eigenvalue weighted by atomic mass is 16.7. The van der Waals surface area contributed by atoms with Gasteiger partial charge in [-0.05, 0) is 6.07 Å². The van der Waals surface area contributed by atoms with E-state index in [1.54, 1.807) is 25.2 Å². The van der Waals surface area contributed by atoms with Crippen molar-refractivity contribution in [1.29, 1.82) is 0 Å². The number of para-hydroxylation sites is 1. The lowest BCUT2D eigenvalue weighted by molar-refractivity contribution is -0.196. The number of hydrogen-bond acceptors (Lipinski definition) is 6. The molecule has 0 saturated heterocycles. The van der Waals surface area contributed by atoms with Gasteiger partial charge in [-0.3, -0.25) is 9.48 Å². The summed E-state index contributed by atoms with van der Waals surface area (Å²) in [7, 11) is 1.69. The largest absolute Gasteiger partial charge is 0.412 e. The zero-order chi connectivity index (χ0) is 15.9. The first-order valence-electron chi connectivity index (χ1n) is 6.51. The van der Waals surface area contributed by atoms with E-state index >= 15 is 0 Å². The number of hydrogen-bond donors (Lipinski definition) is 0. The first-order chi connectivity index (χ1) is 10.4. The van der Waals surface area contributed by atoms with Gasteiger partial charge in [0.2, 0.25) is 0 Å². The Bertz CT molecular complexity index is 814. The number of cyclic esters (lactones) is 2. The average molecular weight is 300 g/mol. The summed E-state index contributed by atoms with van der Waals surface area (Å²) < 4.78 is 11.5. The van der Waals surface area contributed by atoms with Gasteiger partial charge in [-0.25, -0.2) is 9.59 Å². The van der Waals surface area contributed by atoms with Crippen LogP contribution in [0, 0.1) is 0 Å². The van der Waals surface area contributed by atoms with E-state index in [-0.39, 0.29) is 5.69 Å². The van der Waals surface area contributed by atoms with Gasteiger partial charge in [0, 0.05) is 31.5 Å². The second-order valence-electron chi connectivity index (χ2n) is 4.94. The Morgan fingerprint density at radius 1 is 1.14 bits per heavy atom. The van der Waals surface area contributed by atoms with Crippen LogP contribution in [0.1, 0.15) is 17.4 Å². The molecule has 0 fully saturated rings. The highest BCUT2D eigenvalue weighted by Gasteiger charge is 2.44. The molecule has 0 saturated carbocycles. The Kier molecular flexibility index (Phi) is 3.05. The molecule has 0 unspecified atom stereocenters. The molecule has 1 aliphatic heterocycles. The fourth-order valence-electron chi connectivity index (χ4n) is 2.30. The van der Waals surface area contributed by atoms with Crippen molar-refractivity contribution in [2.45, 2.75) is 12.7 Å². The fourth-order valence-corrected chi connectivity index (χ4v) is 2.30. The molecule has 0 aliphatic carbocycles. The van der Waals surface area contributed by atoms with Crippen molar-refractivity contribution >= 4 is 28.6 Å². The number of esters is 2. The molecule has 1 aromatic carbocycles. The lowest BCUT2D eigenvalue weighted by Gasteiger charge is -2.24. The summed E-state index contributed by atoms with van der Waals surface area (Å²) in [6, 6.07) is 7.09. The van der Waals surface area contributed by atoms with E-state index in [1.807, 2.05) is 6.07 Å². The molecule has 3 rings (SSSR count). The highest BCUT2D eigenvalue weighted by molar-refractivity contribution is 6.11. The summed E-state index contributed by atoms with van der Waals surface area (Å²) in [5.41, 5.74) is 0.807. The predicted molar refractivity (Wildman–Crippen MR) is 74.8 cm³/mol. The van der Waals surface area contributed by atoms with Crippen molar-refractivity contribution in [1.82, 2.24) is 9.78 Å². The van der Waals surface area contributed by atoms with E-state index < -0.39 is 23.5 Å². The van der Waals surface area contributed by atoms with Crippen molar-refractivity contribution in [2.75, 3.05) is 0 Å². The third kappa shape index (κ3) is 2.16. The summed E-state index contributed by atoms with van der Waals surface area (Å²) in [4.78, 5) is 35.8. The maximum Gasteiger partial charge on any atom is 0.334 e. The van der Waals surface area contributed by atoms with Crippen LogP contribution in [0.25, 0.3) is 10.9 Å². The number of carbonyl (C=O) groups is 3. The summed E-state index contributed by atoms with van der Waals surface area (Å²) >= 11 is 0. The quantitative estimate of drug-likeness (QED) is 0.610. The average Bonchev–Trinajstić information content (AvgIpc) is 2.74. The number of carbonyl (C=O) groups excluding carboxylic acids is 3. The van der Waals surface area contributed by atoms with Crippen molar-refractivity contribution in [3.63, 3.8) is 0 Å². The minimum Gasteiger partial charge on any atom is -0.412 e. The van der Waals surface area contributed by atoms with E-state index in [1.165, 1.54) is 11.6 Å². The molecule has 22 heavy (non-hydrogen) atoms. The second-order valence-corrected chi connectivity index (χ2v) is 4.94. The third-order valence-electron chi connectivity index (χ3n) is 3.33. The van der Waals surface area contributed by atoms with Gasteiger partial charge in [0.05, 0.1) is 5.52 Å². The van der Waals surface area contributed by atoms with Gasteiger partial charge < -0.3 is 9.47 Å². The van der Waals surface area contributed by atoms with Crippen LogP contribution in [0.5, 0.6) is 0 Å². The minimum atomic E-state index is -2.05. The molecule has 7 heteroatoms. The van der Waals surface area contributed by atoms with Crippen molar-refractivity contribution in [3.05, 3.63) is 42.1 Å². The second kappa shape index (κ2) is 4.80. The minimum absolute atomic E-state index is 0.0723. The molecule has 1 aliphatic rings. The molecule has 0 bridgehead atoms. The van der Waals surface area contributed by atoms with Crippen molar-refractivity contribution in [3.8, 4) is 0 Å². The number of aromatic nitrogens is 2. The SMILES string of the molecule is Cn1nc(C(=O)C2(C)OC(=O)C=CC(=O)O2)c2ccccc21. The Balaban J connectivity index is 2.09. The molecular formula is C15H12N2O5. The first-order valence-corrected chi connectivity index (χ1v) is 6.51. The van der Waals surface area contributed by atoms with Gasteiger partial charge in [-0.15, -0.1) is 0 Å². The normalized spacial score (nSPS) is 17.0. The summed E-state index contributed by atoms with van der Waals surface area (Å²) in [6.07, 6.45) is 1.83. The van der Waals surface area contributed by atoms with Gasteiger partial charge in [0.15, 0.2) is 0 Å². The van der Waals surface area contributed by atoms with Gasteiger partial charge in [0.1, 0.15) is 5.69 Å². The van der Waals surface area contributed by atoms with E-state index in [2.05, 4.69) is 5.10 Å². The van der Waals surface area contributed by atoms with Crippen LogP contribution in [0.3, 0.4) is 0 Å². The molecule has 0 atom stereocenters. The number of rotatable bonds is 2. The van der Waals surface area contributed by atoms with Crippen molar-refractivity contribution < 1.29 is 23.9 Å². The Hall–Kier alpha value is -2.96. The smallest absolute Gasteiger partial charge is 0.334 e. The van der Waals surface area contributed by atoms with E-state index in [4.69, 9.17) is 9.47 Å². The number of Topliss-reactive ketones (excluding diaryl/α,β-unsaturated/α-hetero) is 1. The van der Waals surface area contributed by atoms with Crippen LogP contribution in [0.2, 0.25) is 0 Å². The molecule has 1 aromatic heterocycles. The Morgan fingerprint density at radius 3 is 2.36 bits per heavy atom. The number of nitrogens with zero attached hydrogens (tertiary/aromatic N) is 2. The third-order valence-corrected chi connectivity index (χ3v) is 3.33. The number of benzene rings is 1. The highest BCUT2D eigenvalue weighted by Crippen LogP contribution is 2.26. The fraction of sp³-hybridized carbons (Fsp3) is 0.200. The molecule has 0 spiro atoms. The predicted octanol–water partition coefficient (Wildman–Crippen LogP) is 1.13. The number of ketones is 1. The zero-order valence-electron chi connectivity index (χ0n) is 11.9. The standard InChI is InChI=1S/C15H12N2O5/c1-15(21-11(18)7-8-12(19)22-15)14(20)13-9-5-3-4-6-10(9)17(2)16-13/h3-8H,1-2H3. The molecular weight excluding hydrogens is 288 g/mol. The van der Waals surface area contributed by atoms with E-state index in [9.17, 15) is 14.4 Å². The lowest BCUT2D eigenvalue weighted by Crippen LogP contribution is -2.43. The number of aryl methyl sites for hydroxylation is 1. The van der Waals surface area contributed by atoms with Gasteiger partial charge in [0.25, 0.3) is 5.78 Å². The Morgan fingerprint density at radius 2 is 1.73 bits per heavy atom. The molecule has 7 nitrogen and oxygen atoms in total. The molecule has 2 heterocycles. The van der Waals surface area contributed by atoms with E-state index in [0.717, 1.165) is 17.7 Å². The Labute approximate surface area is 125 Å². The van der Waals surface area contributed by atoms with Gasteiger partial charge >= 0.3 is 17.7 Å². The van der Waals surface area contributed by atoms with Crippen LogP contribution < -0.4 is 0 Å². The summed E-state index contributed by atoms with van der Waals surface area (Å²) in [5.74, 6) is -4.41. The topological polar surface area (TPSA) is 87.5 Å². The van der Waals surface area contributed by atoms with Crippen LogP contribution in [-0.4, -0.2) is 33.3 Å². The van der Waals surface area contributed by atoms with Gasteiger partial charge in [-0.1, -0.05) is 18.2 Å². The van der Waals surface area contributed by atoms with Gasteiger partial charge in [-0.2, -0.15) is 5.10 Å². The maximum absolute atomic E-state index is 12.7. The molecule has 0 N–H and O–H groups in total. The first kappa shape index (κ1) is 14.0.